The van der Waals surface area contributed by atoms with E-state index in [0.717, 1.165) is 18.4 Å². The summed E-state index contributed by atoms with van der Waals surface area (Å²) < 4.78 is 0. The van der Waals surface area contributed by atoms with Crippen LogP contribution in [-0.2, 0) is 12.8 Å². The number of nitrogens with two attached hydrogens (primary N) is 1. The smallest absolute Gasteiger partial charge is 0.0454 e. The molecule has 0 saturated heterocycles. The molecule has 0 radical (unpaired) electrons. The van der Waals surface area contributed by atoms with Gasteiger partial charge in [-0.1, -0.05) is 54.4 Å². The van der Waals surface area contributed by atoms with Gasteiger partial charge in [0.05, 0.1) is 0 Å². The molecule has 2 aromatic carbocycles. The quantitative estimate of drug-likeness (QED) is 0.861. The third kappa shape index (κ3) is 3.73. The zero-order chi connectivity index (χ0) is 13.8. The summed E-state index contributed by atoms with van der Waals surface area (Å²) >= 11 is 12.2. The minimum absolute atomic E-state index is 0.140. The van der Waals surface area contributed by atoms with Crippen LogP contribution in [0.5, 0.6) is 0 Å². The summed E-state index contributed by atoms with van der Waals surface area (Å²) in [4.78, 5) is 0. The van der Waals surface area contributed by atoms with Gasteiger partial charge < -0.3 is 5.73 Å². The SMILES string of the molecule is CCc1ccc(CC(N)c2cc(Cl)ccc2Cl)cc1. The predicted molar refractivity (Wildman–Crippen MR) is 82.9 cm³/mol. The highest BCUT2D eigenvalue weighted by Gasteiger charge is 2.11. The van der Waals surface area contributed by atoms with E-state index in [1.165, 1.54) is 11.1 Å². The van der Waals surface area contributed by atoms with Crippen LogP contribution in [0.1, 0.15) is 29.7 Å². The second kappa shape index (κ2) is 6.42. The molecule has 0 aromatic heterocycles. The Kier molecular flexibility index (Phi) is 4.87. The lowest BCUT2D eigenvalue weighted by atomic mass is 9.98. The van der Waals surface area contributed by atoms with Crippen molar-refractivity contribution in [3.8, 4) is 0 Å². The molecule has 3 heteroatoms. The Balaban J connectivity index is 2.15. The summed E-state index contributed by atoms with van der Waals surface area (Å²) in [5.41, 5.74) is 9.66. The van der Waals surface area contributed by atoms with Gasteiger partial charge in [0, 0.05) is 16.1 Å². The highest BCUT2D eigenvalue weighted by molar-refractivity contribution is 6.33. The van der Waals surface area contributed by atoms with Crippen molar-refractivity contribution < 1.29 is 0 Å². The highest BCUT2D eigenvalue weighted by atomic mass is 35.5. The fourth-order valence-electron chi connectivity index (χ4n) is 2.07. The zero-order valence-electron chi connectivity index (χ0n) is 10.9. The fraction of sp³-hybridized carbons (Fsp3) is 0.250. The second-order valence-corrected chi connectivity index (χ2v) is 5.49. The maximum absolute atomic E-state index is 6.22. The molecule has 0 aliphatic rings. The Morgan fingerprint density at radius 3 is 2.26 bits per heavy atom. The Bertz CT molecular complexity index is 549. The van der Waals surface area contributed by atoms with Crippen LogP contribution in [0.25, 0.3) is 0 Å². The van der Waals surface area contributed by atoms with E-state index in [-0.39, 0.29) is 6.04 Å². The molecule has 0 saturated carbocycles. The maximum Gasteiger partial charge on any atom is 0.0454 e. The summed E-state index contributed by atoms with van der Waals surface area (Å²) in [5.74, 6) is 0. The highest BCUT2D eigenvalue weighted by Crippen LogP contribution is 2.27. The van der Waals surface area contributed by atoms with Crippen LogP contribution in [0.3, 0.4) is 0 Å². The molecule has 0 spiro atoms. The van der Waals surface area contributed by atoms with Crippen LogP contribution in [0.4, 0.5) is 0 Å². The van der Waals surface area contributed by atoms with E-state index in [1.807, 2.05) is 6.07 Å². The Morgan fingerprint density at radius 2 is 1.63 bits per heavy atom. The van der Waals surface area contributed by atoms with E-state index in [2.05, 4.69) is 31.2 Å². The number of rotatable bonds is 4. The van der Waals surface area contributed by atoms with Crippen LogP contribution >= 0.6 is 23.2 Å². The van der Waals surface area contributed by atoms with Gasteiger partial charge in [0.2, 0.25) is 0 Å². The monoisotopic (exact) mass is 293 g/mol. The molecule has 1 atom stereocenters. The number of benzene rings is 2. The molecule has 0 heterocycles. The van der Waals surface area contributed by atoms with Crippen LogP contribution in [0.2, 0.25) is 10.0 Å². The van der Waals surface area contributed by atoms with Crippen LogP contribution in [-0.4, -0.2) is 0 Å². The Labute approximate surface area is 124 Å². The first-order valence-corrected chi connectivity index (χ1v) is 7.14. The van der Waals surface area contributed by atoms with Gasteiger partial charge in [-0.05, 0) is 47.7 Å². The van der Waals surface area contributed by atoms with E-state index in [4.69, 9.17) is 28.9 Å². The lowest BCUT2D eigenvalue weighted by molar-refractivity contribution is 0.722. The third-order valence-corrected chi connectivity index (χ3v) is 3.82. The maximum atomic E-state index is 6.22. The normalized spacial score (nSPS) is 12.4. The standard InChI is InChI=1S/C16H17Cl2N/c1-2-11-3-5-12(6-4-11)9-16(19)14-10-13(17)7-8-15(14)18/h3-8,10,16H,2,9,19H2,1H3. The molecule has 0 aliphatic heterocycles. The minimum atomic E-state index is -0.140. The first kappa shape index (κ1) is 14.4. The second-order valence-electron chi connectivity index (χ2n) is 4.65. The van der Waals surface area contributed by atoms with Gasteiger partial charge >= 0.3 is 0 Å². The van der Waals surface area contributed by atoms with Crippen molar-refractivity contribution in [1.29, 1.82) is 0 Å². The van der Waals surface area contributed by atoms with Crippen LogP contribution in [0.15, 0.2) is 42.5 Å². The van der Waals surface area contributed by atoms with Crippen molar-refractivity contribution in [2.24, 2.45) is 5.73 Å². The molecule has 0 amide bonds. The van der Waals surface area contributed by atoms with Gasteiger partial charge in [0.1, 0.15) is 0 Å². The van der Waals surface area contributed by atoms with Gasteiger partial charge in [-0.15, -0.1) is 0 Å². The Morgan fingerprint density at radius 1 is 1.00 bits per heavy atom. The largest absolute Gasteiger partial charge is 0.324 e. The van der Waals surface area contributed by atoms with E-state index in [1.54, 1.807) is 12.1 Å². The number of hydrogen-bond acceptors (Lipinski definition) is 1. The summed E-state index contributed by atoms with van der Waals surface area (Å²) in [5, 5.41) is 1.33. The van der Waals surface area contributed by atoms with Crippen LogP contribution in [0, 0.1) is 0 Å². The lowest BCUT2D eigenvalue weighted by Gasteiger charge is -2.14. The average Bonchev–Trinajstić information content (AvgIpc) is 2.42. The first-order valence-electron chi connectivity index (χ1n) is 6.38. The molecule has 2 aromatic rings. The first-order chi connectivity index (χ1) is 9.10. The molecular weight excluding hydrogens is 277 g/mol. The van der Waals surface area contributed by atoms with Crippen LogP contribution < -0.4 is 5.73 Å². The Hall–Kier alpha value is -1.02. The van der Waals surface area contributed by atoms with Gasteiger partial charge in [-0.2, -0.15) is 0 Å². The summed E-state index contributed by atoms with van der Waals surface area (Å²) in [6, 6.07) is 13.8. The molecule has 100 valence electrons. The van der Waals surface area contributed by atoms with Crippen molar-refractivity contribution in [1.82, 2.24) is 0 Å². The molecule has 0 aliphatic carbocycles. The fourth-order valence-corrected chi connectivity index (χ4v) is 2.51. The van der Waals surface area contributed by atoms with Gasteiger partial charge in [0.15, 0.2) is 0 Å². The number of halogens is 2. The van der Waals surface area contributed by atoms with Crippen molar-refractivity contribution in [3.05, 3.63) is 69.2 Å². The average molecular weight is 294 g/mol. The molecule has 19 heavy (non-hydrogen) atoms. The van der Waals surface area contributed by atoms with Gasteiger partial charge in [0.25, 0.3) is 0 Å². The third-order valence-electron chi connectivity index (χ3n) is 3.24. The van der Waals surface area contributed by atoms with E-state index < -0.39 is 0 Å². The van der Waals surface area contributed by atoms with Gasteiger partial charge in [-0.25, -0.2) is 0 Å². The van der Waals surface area contributed by atoms with Crippen molar-refractivity contribution in [3.63, 3.8) is 0 Å². The lowest BCUT2D eigenvalue weighted by Crippen LogP contribution is -2.14. The molecular formula is C16H17Cl2N. The van der Waals surface area contributed by atoms with E-state index >= 15 is 0 Å². The molecule has 0 fully saturated rings. The topological polar surface area (TPSA) is 26.0 Å². The van der Waals surface area contributed by atoms with Crippen molar-refractivity contribution in [2.45, 2.75) is 25.8 Å². The summed E-state index contributed by atoms with van der Waals surface area (Å²) in [6.45, 7) is 2.15. The van der Waals surface area contributed by atoms with E-state index in [9.17, 15) is 0 Å². The molecule has 0 bridgehead atoms. The van der Waals surface area contributed by atoms with Crippen molar-refractivity contribution in [2.75, 3.05) is 0 Å². The van der Waals surface area contributed by atoms with E-state index in [0.29, 0.717) is 10.0 Å². The van der Waals surface area contributed by atoms with Crippen molar-refractivity contribution >= 4 is 23.2 Å². The minimum Gasteiger partial charge on any atom is -0.324 e. The number of hydrogen-bond donors (Lipinski definition) is 1. The summed E-state index contributed by atoms with van der Waals surface area (Å²) in [7, 11) is 0. The number of aryl methyl sites for hydroxylation is 1. The molecule has 2 N–H and O–H groups in total. The zero-order valence-corrected chi connectivity index (χ0v) is 12.4. The predicted octanol–water partition coefficient (Wildman–Crippen LogP) is 4.80. The molecule has 2 rings (SSSR count). The molecule has 1 nitrogen and oxygen atoms in total. The molecule has 1 unspecified atom stereocenters. The van der Waals surface area contributed by atoms with Gasteiger partial charge in [-0.3, -0.25) is 0 Å². The summed E-state index contributed by atoms with van der Waals surface area (Å²) in [6.07, 6.45) is 1.80.